The highest BCUT2D eigenvalue weighted by molar-refractivity contribution is 5.99. The number of hydrogen-bond acceptors (Lipinski definition) is 3. The summed E-state index contributed by atoms with van der Waals surface area (Å²) in [6.07, 6.45) is 1.92. The molecule has 0 fully saturated rings. The maximum atomic E-state index is 12.3. The van der Waals surface area contributed by atoms with Crippen molar-refractivity contribution in [3.05, 3.63) is 29.8 Å². The van der Waals surface area contributed by atoms with E-state index in [0.29, 0.717) is 11.3 Å². The zero-order valence-electron chi connectivity index (χ0n) is 10.6. The number of benzene rings is 1. The molecule has 0 saturated heterocycles. The third-order valence-electron chi connectivity index (χ3n) is 2.59. The Bertz CT molecular complexity index is 359. The summed E-state index contributed by atoms with van der Waals surface area (Å²) in [5.74, 6) is 5.46. The van der Waals surface area contributed by atoms with Crippen LogP contribution in [-0.4, -0.2) is 23.9 Å². The summed E-state index contributed by atoms with van der Waals surface area (Å²) >= 11 is 0. The first kappa shape index (κ1) is 13.5. The van der Waals surface area contributed by atoms with Gasteiger partial charge in [-0.25, -0.2) is 0 Å². The number of nitrogens with zero attached hydrogens (tertiary/aromatic N) is 1. The van der Waals surface area contributed by atoms with Crippen molar-refractivity contribution in [3.63, 3.8) is 0 Å². The highest BCUT2D eigenvalue weighted by Gasteiger charge is 2.16. The molecular formula is C13H21N3O. The fraction of sp³-hybridized carbons (Fsp3) is 0.462. The van der Waals surface area contributed by atoms with E-state index in [2.05, 4.69) is 19.3 Å². The average molecular weight is 235 g/mol. The number of hydrogen-bond donors (Lipinski definition) is 2. The number of nitrogens with two attached hydrogens (primary N) is 1. The Morgan fingerprint density at radius 2 is 1.82 bits per heavy atom. The summed E-state index contributed by atoms with van der Waals surface area (Å²) in [4.78, 5) is 14.2. The van der Waals surface area contributed by atoms with E-state index in [1.165, 1.54) is 0 Å². The lowest BCUT2D eigenvalue weighted by Gasteiger charge is -2.22. The zero-order chi connectivity index (χ0) is 12.7. The summed E-state index contributed by atoms with van der Waals surface area (Å²) in [5.41, 5.74) is 3.88. The molecule has 0 atom stereocenters. The molecule has 17 heavy (non-hydrogen) atoms. The van der Waals surface area contributed by atoms with E-state index in [1.807, 2.05) is 23.1 Å². The van der Waals surface area contributed by atoms with Gasteiger partial charge in [0.1, 0.15) is 0 Å². The van der Waals surface area contributed by atoms with Crippen LogP contribution in [0.15, 0.2) is 24.3 Å². The van der Waals surface area contributed by atoms with Crippen LogP contribution in [0.5, 0.6) is 0 Å². The maximum Gasteiger partial charge on any atom is 0.255 e. The van der Waals surface area contributed by atoms with E-state index < -0.39 is 0 Å². The van der Waals surface area contributed by atoms with Crippen molar-refractivity contribution in [2.75, 3.05) is 18.5 Å². The molecule has 0 heterocycles. The van der Waals surface area contributed by atoms with Crippen LogP contribution in [0.2, 0.25) is 0 Å². The highest BCUT2D eigenvalue weighted by atomic mass is 16.2. The molecule has 1 amide bonds. The normalized spacial score (nSPS) is 10.1. The lowest BCUT2D eigenvalue weighted by Crippen LogP contribution is -2.33. The number of anilines is 1. The highest BCUT2D eigenvalue weighted by Crippen LogP contribution is 2.16. The van der Waals surface area contributed by atoms with Crippen molar-refractivity contribution < 1.29 is 4.79 Å². The molecule has 0 aliphatic carbocycles. The van der Waals surface area contributed by atoms with E-state index in [1.54, 1.807) is 6.07 Å². The lowest BCUT2D eigenvalue weighted by atomic mass is 10.1. The Kier molecular flexibility index (Phi) is 5.49. The van der Waals surface area contributed by atoms with E-state index in [0.717, 1.165) is 25.9 Å². The molecule has 94 valence electrons. The third-order valence-corrected chi connectivity index (χ3v) is 2.59. The number of carbonyl (C=O) groups is 1. The van der Waals surface area contributed by atoms with Crippen LogP contribution >= 0.6 is 0 Å². The molecule has 0 aliphatic rings. The van der Waals surface area contributed by atoms with Crippen molar-refractivity contribution in [1.29, 1.82) is 0 Å². The van der Waals surface area contributed by atoms with Gasteiger partial charge in [0.2, 0.25) is 0 Å². The van der Waals surface area contributed by atoms with Crippen molar-refractivity contribution in [3.8, 4) is 0 Å². The smallest absolute Gasteiger partial charge is 0.255 e. The quantitative estimate of drug-likeness (QED) is 0.587. The molecule has 1 aromatic rings. The number of rotatable bonds is 6. The zero-order valence-corrected chi connectivity index (χ0v) is 10.6. The van der Waals surface area contributed by atoms with Gasteiger partial charge < -0.3 is 10.3 Å². The Morgan fingerprint density at radius 3 is 2.35 bits per heavy atom. The molecule has 1 aromatic carbocycles. The van der Waals surface area contributed by atoms with Gasteiger partial charge in [0.05, 0.1) is 11.3 Å². The molecule has 0 radical (unpaired) electrons. The Morgan fingerprint density at radius 1 is 1.24 bits per heavy atom. The first-order chi connectivity index (χ1) is 8.24. The summed E-state index contributed by atoms with van der Waals surface area (Å²) in [7, 11) is 0. The molecule has 0 spiro atoms. The van der Waals surface area contributed by atoms with Gasteiger partial charge in [-0.1, -0.05) is 26.0 Å². The van der Waals surface area contributed by atoms with Crippen LogP contribution in [0.1, 0.15) is 37.0 Å². The molecule has 4 nitrogen and oxygen atoms in total. The predicted octanol–water partition coefficient (Wildman–Crippen LogP) is 2.23. The van der Waals surface area contributed by atoms with Gasteiger partial charge >= 0.3 is 0 Å². The Labute approximate surface area is 103 Å². The van der Waals surface area contributed by atoms with Gasteiger partial charge in [0.15, 0.2) is 0 Å². The molecule has 0 aliphatic heterocycles. The van der Waals surface area contributed by atoms with Crippen LogP contribution in [0.25, 0.3) is 0 Å². The fourth-order valence-corrected chi connectivity index (χ4v) is 1.82. The van der Waals surface area contributed by atoms with E-state index >= 15 is 0 Å². The molecule has 0 saturated carbocycles. The molecular weight excluding hydrogens is 214 g/mol. The molecule has 0 aromatic heterocycles. The minimum absolute atomic E-state index is 0.0438. The maximum absolute atomic E-state index is 12.3. The van der Waals surface area contributed by atoms with Crippen LogP contribution in [0, 0.1) is 0 Å². The van der Waals surface area contributed by atoms with Gasteiger partial charge in [-0.05, 0) is 25.0 Å². The molecule has 0 bridgehead atoms. The largest absolute Gasteiger partial charge is 0.339 e. The van der Waals surface area contributed by atoms with Crippen LogP contribution < -0.4 is 11.3 Å². The van der Waals surface area contributed by atoms with Crippen molar-refractivity contribution in [2.24, 2.45) is 5.84 Å². The molecule has 4 heteroatoms. The second kappa shape index (κ2) is 6.91. The number of nitrogen functional groups attached to an aromatic ring is 1. The number of amides is 1. The summed E-state index contributed by atoms with van der Waals surface area (Å²) < 4.78 is 0. The third kappa shape index (κ3) is 3.46. The second-order valence-electron chi connectivity index (χ2n) is 3.98. The Hall–Kier alpha value is -1.55. The van der Waals surface area contributed by atoms with Gasteiger partial charge in [-0.3, -0.25) is 10.6 Å². The fourth-order valence-electron chi connectivity index (χ4n) is 1.82. The number of para-hydroxylation sites is 1. The van der Waals surface area contributed by atoms with Crippen molar-refractivity contribution in [1.82, 2.24) is 4.90 Å². The van der Waals surface area contributed by atoms with Crippen LogP contribution in [-0.2, 0) is 0 Å². The summed E-state index contributed by atoms with van der Waals surface area (Å²) in [6, 6.07) is 7.32. The van der Waals surface area contributed by atoms with Gasteiger partial charge in [-0.15, -0.1) is 0 Å². The van der Waals surface area contributed by atoms with E-state index in [4.69, 9.17) is 5.84 Å². The van der Waals surface area contributed by atoms with E-state index in [9.17, 15) is 4.79 Å². The number of carbonyl (C=O) groups excluding carboxylic acids is 1. The van der Waals surface area contributed by atoms with Crippen LogP contribution in [0.3, 0.4) is 0 Å². The minimum Gasteiger partial charge on any atom is -0.339 e. The monoisotopic (exact) mass is 235 g/mol. The number of hydrazine groups is 1. The first-order valence-electron chi connectivity index (χ1n) is 6.09. The Balaban J connectivity index is 2.92. The summed E-state index contributed by atoms with van der Waals surface area (Å²) in [6.45, 7) is 5.71. The second-order valence-corrected chi connectivity index (χ2v) is 3.98. The van der Waals surface area contributed by atoms with Gasteiger partial charge in [-0.2, -0.15) is 0 Å². The summed E-state index contributed by atoms with van der Waals surface area (Å²) in [5, 5.41) is 0. The number of nitrogens with one attached hydrogen (secondary N) is 1. The van der Waals surface area contributed by atoms with Gasteiger partial charge in [0, 0.05) is 13.1 Å². The SMILES string of the molecule is CCCN(CCC)C(=O)c1ccccc1NN. The standard InChI is InChI=1S/C13H21N3O/c1-3-9-16(10-4-2)13(17)11-7-5-6-8-12(11)15-14/h5-8,15H,3-4,9-10,14H2,1-2H3. The topological polar surface area (TPSA) is 58.4 Å². The minimum atomic E-state index is 0.0438. The first-order valence-corrected chi connectivity index (χ1v) is 6.09. The molecule has 0 unspecified atom stereocenters. The van der Waals surface area contributed by atoms with E-state index in [-0.39, 0.29) is 5.91 Å². The van der Waals surface area contributed by atoms with Crippen molar-refractivity contribution in [2.45, 2.75) is 26.7 Å². The lowest BCUT2D eigenvalue weighted by molar-refractivity contribution is 0.0756. The molecule has 1 rings (SSSR count). The van der Waals surface area contributed by atoms with Crippen molar-refractivity contribution >= 4 is 11.6 Å². The average Bonchev–Trinajstić information content (AvgIpc) is 2.37. The predicted molar refractivity (Wildman–Crippen MR) is 70.7 cm³/mol. The molecule has 3 N–H and O–H groups in total. The van der Waals surface area contributed by atoms with Crippen LogP contribution in [0.4, 0.5) is 5.69 Å². The van der Waals surface area contributed by atoms with Gasteiger partial charge in [0.25, 0.3) is 5.91 Å².